The lowest BCUT2D eigenvalue weighted by molar-refractivity contribution is -0.120. The Morgan fingerprint density at radius 1 is 1.62 bits per heavy atom. The van der Waals surface area contributed by atoms with Crippen molar-refractivity contribution in [2.75, 3.05) is 6.61 Å². The summed E-state index contributed by atoms with van der Waals surface area (Å²) in [5, 5.41) is 22.1. The van der Waals surface area contributed by atoms with Gasteiger partial charge in [-0.3, -0.25) is 10.1 Å². The first-order valence-corrected chi connectivity index (χ1v) is 4.33. The van der Waals surface area contributed by atoms with Crippen LogP contribution in [0, 0.1) is 0 Å². The molecule has 92 valence electrons. The zero-order valence-electron chi connectivity index (χ0n) is 8.56. The fourth-order valence-corrected chi connectivity index (χ4v) is 0.661. The number of hydrogen-bond acceptors (Lipinski definition) is 5. The number of aliphatic hydroxyl groups is 2. The van der Waals surface area contributed by atoms with Gasteiger partial charge in [-0.1, -0.05) is 0 Å². The van der Waals surface area contributed by atoms with E-state index in [9.17, 15) is 14.4 Å². The van der Waals surface area contributed by atoms with E-state index in [1.807, 2.05) is 10.6 Å². The maximum Gasteiger partial charge on any atom is 0.323 e. The first kappa shape index (κ1) is 14.1. The standard InChI is InChI=1S/C4H6N4O3.C3H8O2/c5-3(10)6-1-2(9)8-4(11)7-1;1-3(5)2-4/h1H,(H3,5,6,10)(H2,7,8,9,11);3-5H,2H2,1H3. The zero-order valence-corrected chi connectivity index (χ0v) is 8.56. The molecule has 0 aromatic carbocycles. The van der Waals surface area contributed by atoms with Crippen LogP contribution >= 0.6 is 0 Å². The third kappa shape index (κ3) is 5.78. The number of imide groups is 1. The molecule has 1 heterocycles. The van der Waals surface area contributed by atoms with Gasteiger partial charge in [0.25, 0.3) is 5.91 Å². The third-order valence-corrected chi connectivity index (χ3v) is 1.33. The van der Waals surface area contributed by atoms with Crippen LogP contribution < -0.4 is 21.7 Å². The summed E-state index contributed by atoms with van der Waals surface area (Å²) in [6.07, 6.45) is -1.60. The Kier molecular flexibility index (Phi) is 5.81. The van der Waals surface area contributed by atoms with Gasteiger partial charge in [0.15, 0.2) is 6.17 Å². The Hall–Kier alpha value is -1.87. The van der Waals surface area contributed by atoms with Gasteiger partial charge in [-0.25, -0.2) is 9.59 Å². The average molecular weight is 234 g/mol. The van der Waals surface area contributed by atoms with E-state index in [0.29, 0.717) is 0 Å². The highest BCUT2D eigenvalue weighted by atomic mass is 16.3. The predicted octanol–water partition coefficient (Wildman–Crippen LogP) is -2.82. The molecule has 9 heteroatoms. The van der Waals surface area contributed by atoms with E-state index in [1.165, 1.54) is 6.92 Å². The third-order valence-electron chi connectivity index (χ3n) is 1.33. The van der Waals surface area contributed by atoms with E-state index in [4.69, 9.17) is 15.9 Å². The topological polar surface area (TPSA) is 154 Å². The van der Waals surface area contributed by atoms with Gasteiger partial charge in [-0.2, -0.15) is 0 Å². The van der Waals surface area contributed by atoms with Crippen LogP contribution in [0.2, 0.25) is 0 Å². The van der Waals surface area contributed by atoms with Crippen molar-refractivity contribution in [1.82, 2.24) is 16.0 Å². The predicted molar refractivity (Wildman–Crippen MR) is 51.9 cm³/mol. The Labute approximate surface area is 91.0 Å². The summed E-state index contributed by atoms with van der Waals surface area (Å²) in [5.41, 5.74) is 4.70. The van der Waals surface area contributed by atoms with Crippen molar-refractivity contribution in [3.63, 3.8) is 0 Å². The van der Waals surface area contributed by atoms with Crippen LogP contribution in [-0.4, -0.2) is 47.1 Å². The first-order valence-electron chi connectivity index (χ1n) is 4.33. The molecule has 0 bridgehead atoms. The largest absolute Gasteiger partial charge is 0.394 e. The monoisotopic (exact) mass is 234 g/mol. The summed E-state index contributed by atoms with van der Waals surface area (Å²) in [7, 11) is 0. The molecule has 7 N–H and O–H groups in total. The lowest BCUT2D eigenvalue weighted by Gasteiger charge is -2.05. The summed E-state index contributed by atoms with van der Waals surface area (Å²) in [5.74, 6) is -0.617. The van der Waals surface area contributed by atoms with Gasteiger partial charge in [0.1, 0.15) is 0 Å². The number of aliphatic hydroxyl groups excluding tert-OH is 2. The van der Waals surface area contributed by atoms with Gasteiger partial charge >= 0.3 is 12.1 Å². The minimum atomic E-state index is -1.04. The number of nitrogens with one attached hydrogen (secondary N) is 3. The molecule has 0 aromatic rings. The van der Waals surface area contributed by atoms with Gasteiger partial charge in [0.2, 0.25) is 0 Å². The number of primary amides is 1. The van der Waals surface area contributed by atoms with Crippen molar-refractivity contribution in [3.05, 3.63) is 0 Å². The number of carbonyl (C=O) groups is 3. The number of rotatable bonds is 2. The Balaban J connectivity index is 0.000000385. The highest BCUT2D eigenvalue weighted by Gasteiger charge is 2.29. The van der Waals surface area contributed by atoms with Gasteiger partial charge in [-0.15, -0.1) is 0 Å². The highest BCUT2D eigenvalue weighted by Crippen LogP contribution is 1.86. The molecule has 1 rings (SSSR count). The minimum Gasteiger partial charge on any atom is -0.394 e. The van der Waals surface area contributed by atoms with Crippen molar-refractivity contribution in [2.45, 2.75) is 19.2 Å². The molecule has 16 heavy (non-hydrogen) atoms. The molecule has 1 fully saturated rings. The second kappa shape index (κ2) is 6.58. The Morgan fingerprint density at radius 3 is 2.38 bits per heavy atom. The van der Waals surface area contributed by atoms with Crippen LogP contribution in [0.3, 0.4) is 0 Å². The number of nitrogens with two attached hydrogens (primary N) is 1. The van der Waals surface area contributed by atoms with Crippen molar-refractivity contribution in [2.24, 2.45) is 5.73 Å². The normalized spacial score (nSPS) is 20.1. The SMILES string of the molecule is CC(O)CO.NC(=O)NC1NC(=O)NC1=O. The number of amides is 5. The van der Waals surface area contributed by atoms with E-state index in [-0.39, 0.29) is 6.61 Å². The van der Waals surface area contributed by atoms with Crippen LogP contribution in [0.15, 0.2) is 0 Å². The summed E-state index contributed by atoms with van der Waals surface area (Å²) in [4.78, 5) is 31.3. The van der Waals surface area contributed by atoms with Crippen LogP contribution in [-0.2, 0) is 4.79 Å². The molecule has 0 aromatic heterocycles. The van der Waals surface area contributed by atoms with Crippen LogP contribution in [0.4, 0.5) is 9.59 Å². The van der Waals surface area contributed by atoms with Gasteiger partial charge < -0.3 is 26.6 Å². The van der Waals surface area contributed by atoms with Gasteiger partial charge in [0.05, 0.1) is 12.7 Å². The fraction of sp³-hybridized carbons (Fsp3) is 0.571. The van der Waals surface area contributed by atoms with E-state index in [2.05, 4.69) is 5.32 Å². The molecule has 1 aliphatic rings. The molecule has 0 saturated carbocycles. The second-order valence-electron chi connectivity index (χ2n) is 2.94. The summed E-state index contributed by atoms with van der Waals surface area (Å²) in [6, 6.07) is -1.51. The van der Waals surface area contributed by atoms with Crippen molar-refractivity contribution < 1.29 is 24.6 Å². The molecule has 0 spiro atoms. The van der Waals surface area contributed by atoms with Crippen molar-refractivity contribution in [3.8, 4) is 0 Å². The van der Waals surface area contributed by atoms with E-state index in [1.54, 1.807) is 0 Å². The van der Waals surface area contributed by atoms with Gasteiger partial charge in [0, 0.05) is 0 Å². The average Bonchev–Trinajstić information content (AvgIpc) is 2.45. The fourth-order valence-electron chi connectivity index (χ4n) is 0.661. The maximum atomic E-state index is 10.7. The number of urea groups is 2. The molecular weight excluding hydrogens is 220 g/mol. The first-order chi connectivity index (χ1) is 7.36. The lowest BCUT2D eigenvalue weighted by Crippen LogP contribution is -2.48. The summed E-state index contributed by atoms with van der Waals surface area (Å²) in [6.45, 7) is 1.39. The van der Waals surface area contributed by atoms with Crippen molar-refractivity contribution >= 4 is 18.0 Å². The number of hydrogen-bond donors (Lipinski definition) is 6. The van der Waals surface area contributed by atoms with E-state index >= 15 is 0 Å². The lowest BCUT2D eigenvalue weighted by atomic mass is 10.5. The Bertz CT molecular complexity index is 280. The number of carbonyl (C=O) groups excluding carboxylic acids is 3. The van der Waals surface area contributed by atoms with Gasteiger partial charge in [-0.05, 0) is 6.92 Å². The molecule has 0 radical (unpaired) electrons. The minimum absolute atomic E-state index is 0.139. The second-order valence-corrected chi connectivity index (χ2v) is 2.94. The summed E-state index contributed by atoms with van der Waals surface area (Å²) < 4.78 is 0. The van der Waals surface area contributed by atoms with Crippen molar-refractivity contribution in [1.29, 1.82) is 0 Å². The van der Waals surface area contributed by atoms with Crippen LogP contribution in [0.5, 0.6) is 0 Å². The molecular formula is C7H14N4O5. The molecule has 1 saturated heterocycles. The Morgan fingerprint density at radius 2 is 2.12 bits per heavy atom. The highest BCUT2D eigenvalue weighted by molar-refractivity contribution is 6.05. The molecule has 5 amide bonds. The maximum absolute atomic E-state index is 10.7. The van der Waals surface area contributed by atoms with E-state index < -0.39 is 30.2 Å². The van der Waals surface area contributed by atoms with Crippen LogP contribution in [0.25, 0.3) is 0 Å². The molecule has 9 nitrogen and oxygen atoms in total. The molecule has 0 aliphatic carbocycles. The molecule has 1 aliphatic heterocycles. The molecule has 2 unspecified atom stereocenters. The van der Waals surface area contributed by atoms with Crippen LogP contribution in [0.1, 0.15) is 6.92 Å². The zero-order chi connectivity index (χ0) is 12.7. The van der Waals surface area contributed by atoms with E-state index in [0.717, 1.165) is 0 Å². The molecule has 2 atom stereocenters. The smallest absolute Gasteiger partial charge is 0.323 e. The summed E-state index contributed by atoms with van der Waals surface area (Å²) >= 11 is 0. The quantitative estimate of drug-likeness (QED) is 0.284.